The van der Waals surface area contributed by atoms with Gasteiger partial charge in [0.1, 0.15) is 11.5 Å². The van der Waals surface area contributed by atoms with Crippen molar-refractivity contribution in [3.63, 3.8) is 0 Å². The SMILES string of the molecule is CCn1c(SCc2cc(=O)n3cc(Cl)ccc3n2)nnc1C1CC1. The van der Waals surface area contributed by atoms with Gasteiger partial charge in [0.05, 0.1) is 10.7 Å². The quantitative estimate of drug-likeness (QED) is 0.653. The number of thioether (sulfide) groups is 1. The van der Waals surface area contributed by atoms with Crippen LogP contribution in [0.4, 0.5) is 0 Å². The summed E-state index contributed by atoms with van der Waals surface area (Å²) in [6.45, 7) is 2.96. The highest BCUT2D eigenvalue weighted by Gasteiger charge is 2.29. The van der Waals surface area contributed by atoms with Crippen LogP contribution in [0.15, 0.2) is 34.3 Å². The zero-order chi connectivity index (χ0) is 16.7. The van der Waals surface area contributed by atoms with E-state index in [1.807, 2.05) is 0 Å². The van der Waals surface area contributed by atoms with Crippen molar-refractivity contribution in [2.75, 3.05) is 0 Å². The maximum absolute atomic E-state index is 12.2. The maximum Gasteiger partial charge on any atom is 0.258 e. The van der Waals surface area contributed by atoms with Gasteiger partial charge in [-0.1, -0.05) is 23.4 Å². The molecular formula is C16H16ClN5OS. The van der Waals surface area contributed by atoms with E-state index in [-0.39, 0.29) is 5.56 Å². The monoisotopic (exact) mass is 361 g/mol. The third-order valence-electron chi connectivity index (χ3n) is 4.03. The van der Waals surface area contributed by atoms with Crippen LogP contribution in [0, 0.1) is 0 Å². The van der Waals surface area contributed by atoms with Crippen molar-refractivity contribution in [1.82, 2.24) is 24.1 Å². The molecule has 3 aromatic rings. The molecule has 1 fully saturated rings. The van der Waals surface area contributed by atoms with Gasteiger partial charge in [0.25, 0.3) is 5.56 Å². The number of nitrogens with zero attached hydrogens (tertiary/aromatic N) is 5. The molecule has 0 saturated heterocycles. The van der Waals surface area contributed by atoms with E-state index in [1.54, 1.807) is 36.2 Å². The average molecular weight is 362 g/mol. The number of hydrogen-bond acceptors (Lipinski definition) is 5. The van der Waals surface area contributed by atoms with Gasteiger partial charge in [-0.15, -0.1) is 10.2 Å². The molecule has 0 aromatic carbocycles. The number of hydrogen-bond donors (Lipinski definition) is 0. The Bertz CT molecular complexity index is 963. The van der Waals surface area contributed by atoms with E-state index < -0.39 is 0 Å². The van der Waals surface area contributed by atoms with E-state index in [9.17, 15) is 4.79 Å². The van der Waals surface area contributed by atoms with Gasteiger partial charge in [0.15, 0.2) is 5.16 Å². The Morgan fingerprint density at radius 3 is 2.92 bits per heavy atom. The second-order valence-corrected chi connectivity index (χ2v) is 7.19. The van der Waals surface area contributed by atoms with E-state index in [0.29, 0.717) is 22.3 Å². The van der Waals surface area contributed by atoms with Gasteiger partial charge >= 0.3 is 0 Å². The molecule has 3 heterocycles. The summed E-state index contributed by atoms with van der Waals surface area (Å²) in [6, 6.07) is 5.03. The van der Waals surface area contributed by atoms with Crippen LogP contribution >= 0.6 is 23.4 Å². The molecule has 0 atom stereocenters. The minimum Gasteiger partial charge on any atom is -0.306 e. The van der Waals surface area contributed by atoms with E-state index in [4.69, 9.17) is 11.6 Å². The van der Waals surface area contributed by atoms with Crippen molar-refractivity contribution in [1.29, 1.82) is 0 Å². The molecule has 6 nitrogen and oxygen atoms in total. The van der Waals surface area contributed by atoms with Crippen LogP contribution in [0.3, 0.4) is 0 Å². The smallest absolute Gasteiger partial charge is 0.258 e. The molecule has 3 aromatic heterocycles. The number of halogens is 1. The Labute approximate surface area is 147 Å². The molecule has 0 aliphatic heterocycles. The van der Waals surface area contributed by atoms with Crippen LogP contribution in [0.2, 0.25) is 5.02 Å². The second kappa shape index (κ2) is 6.22. The first kappa shape index (κ1) is 15.7. The lowest BCUT2D eigenvalue weighted by molar-refractivity contribution is 0.643. The van der Waals surface area contributed by atoms with Crippen molar-refractivity contribution >= 4 is 29.0 Å². The zero-order valence-corrected chi connectivity index (χ0v) is 14.7. The molecule has 124 valence electrons. The number of aromatic nitrogens is 5. The van der Waals surface area contributed by atoms with Crippen LogP contribution in [-0.4, -0.2) is 24.1 Å². The summed E-state index contributed by atoms with van der Waals surface area (Å²) >= 11 is 7.49. The molecule has 24 heavy (non-hydrogen) atoms. The fourth-order valence-electron chi connectivity index (χ4n) is 2.69. The lowest BCUT2D eigenvalue weighted by atomic mass is 10.4. The average Bonchev–Trinajstić information content (AvgIpc) is 3.33. The summed E-state index contributed by atoms with van der Waals surface area (Å²) in [7, 11) is 0. The molecule has 1 aliphatic carbocycles. The standard InChI is InChI=1S/C16H16ClN5OS/c1-2-21-15(10-3-4-10)19-20-16(21)24-9-12-7-14(23)22-8-11(17)5-6-13(22)18-12/h5-8,10H,2-4,9H2,1H3. The first-order chi connectivity index (χ1) is 11.7. The molecule has 0 amide bonds. The van der Waals surface area contributed by atoms with Crippen LogP contribution in [0.5, 0.6) is 0 Å². The topological polar surface area (TPSA) is 65.1 Å². The predicted octanol–water partition coefficient (Wildman–Crippen LogP) is 3.13. The molecule has 0 radical (unpaired) electrons. The molecule has 8 heteroatoms. The second-order valence-electron chi connectivity index (χ2n) is 5.81. The number of pyridine rings is 1. The first-order valence-corrected chi connectivity index (χ1v) is 9.26. The molecule has 0 spiro atoms. The van der Waals surface area contributed by atoms with Crippen molar-refractivity contribution in [2.45, 2.75) is 43.1 Å². The van der Waals surface area contributed by atoms with Crippen molar-refractivity contribution in [3.8, 4) is 0 Å². The third kappa shape index (κ3) is 2.93. The van der Waals surface area contributed by atoms with E-state index in [2.05, 4.69) is 26.7 Å². The summed E-state index contributed by atoms with van der Waals surface area (Å²) in [6.07, 6.45) is 3.99. The highest BCUT2D eigenvalue weighted by atomic mass is 35.5. The van der Waals surface area contributed by atoms with Gasteiger partial charge in [-0.3, -0.25) is 9.20 Å². The number of rotatable bonds is 5. The minimum absolute atomic E-state index is 0.131. The molecular weight excluding hydrogens is 346 g/mol. The largest absolute Gasteiger partial charge is 0.306 e. The van der Waals surface area contributed by atoms with E-state index >= 15 is 0 Å². The van der Waals surface area contributed by atoms with Crippen molar-refractivity contribution < 1.29 is 0 Å². The fourth-order valence-corrected chi connectivity index (χ4v) is 3.75. The molecule has 0 bridgehead atoms. The highest BCUT2D eigenvalue weighted by Crippen LogP contribution is 2.40. The van der Waals surface area contributed by atoms with Crippen LogP contribution in [0.1, 0.15) is 37.2 Å². The van der Waals surface area contributed by atoms with E-state index in [1.165, 1.54) is 17.2 Å². The summed E-state index contributed by atoms with van der Waals surface area (Å²) in [5.74, 6) is 2.23. The Hall–Kier alpha value is -1.86. The minimum atomic E-state index is -0.131. The van der Waals surface area contributed by atoms with Gasteiger partial charge in [0.2, 0.25) is 0 Å². The molecule has 0 N–H and O–H groups in total. The van der Waals surface area contributed by atoms with Crippen molar-refractivity contribution in [3.05, 3.63) is 51.3 Å². The van der Waals surface area contributed by atoms with Gasteiger partial charge < -0.3 is 4.57 Å². The maximum atomic E-state index is 12.2. The lowest BCUT2D eigenvalue weighted by Crippen LogP contribution is -2.15. The van der Waals surface area contributed by atoms with Crippen LogP contribution < -0.4 is 5.56 Å². The predicted molar refractivity (Wildman–Crippen MR) is 93.7 cm³/mol. The van der Waals surface area contributed by atoms with Gasteiger partial charge in [-0.25, -0.2) is 4.98 Å². The first-order valence-electron chi connectivity index (χ1n) is 7.89. The lowest BCUT2D eigenvalue weighted by Gasteiger charge is -2.07. The Morgan fingerprint density at radius 1 is 1.33 bits per heavy atom. The summed E-state index contributed by atoms with van der Waals surface area (Å²) in [4.78, 5) is 16.7. The zero-order valence-electron chi connectivity index (χ0n) is 13.1. The van der Waals surface area contributed by atoms with Crippen LogP contribution in [-0.2, 0) is 12.3 Å². The molecule has 1 aliphatic rings. The fraction of sp³-hybridized carbons (Fsp3) is 0.375. The Morgan fingerprint density at radius 2 is 2.17 bits per heavy atom. The summed E-state index contributed by atoms with van der Waals surface area (Å²) in [5, 5.41) is 10.0. The van der Waals surface area contributed by atoms with Crippen molar-refractivity contribution in [2.24, 2.45) is 0 Å². The molecule has 4 rings (SSSR count). The summed E-state index contributed by atoms with van der Waals surface area (Å²) in [5.41, 5.74) is 1.19. The van der Waals surface area contributed by atoms with Gasteiger partial charge in [-0.2, -0.15) is 0 Å². The van der Waals surface area contributed by atoms with Crippen LogP contribution in [0.25, 0.3) is 5.65 Å². The summed E-state index contributed by atoms with van der Waals surface area (Å²) < 4.78 is 3.62. The Balaban J connectivity index is 1.59. The highest BCUT2D eigenvalue weighted by molar-refractivity contribution is 7.98. The Kier molecular flexibility index (Phi) is 4.05. The molecule has 1 saturated carbocycles. The normalized spacial score (nSPS) is 14.4. The van der Waals surface area contributed by atoms with Gasteiger partial charge in [0, 0.05) is 30.5 Å². The number of fused-ring (bicyclic) bond motifs is 1. The van der Waals surface area contributed by atoms with Gasteiger partial charge in [-0.05, 0) is 31.9 Å². The third-order valence-corrected chi connectivity index (χ3v) is 5.25. The molecule has 0 unspecified atom stereocenters. The van der Waals surface area contributed by atoms with E-state index in [0.717, 1.165) is 23.2 Å².